The molecule has 0 aliphatic carbocycles. The van der Waals surface area contributed by atoms with Crippen LogP contribution in [0.1, 0.15) is 11.1 Å². The fraction of sp³-hybridized carbons (Fsp3) is 0.111. The molecule has 6 heteroatoms. The molecule has 2 aromatic carbocycles. The van der Waals surface area contributed by atoms with E-state index in [0.717, 1.165) is 15.6 Å². The Morgan fingerprint density at radius 3 is 2.67 bits per heavy atom. The molecule has 2 amide bonds. The van der Waals surface area contributed by atoms with Crippen molar-refractivity contribution < 1.29 is 14.3 Å². The highest BCUT2D eigenvalue weighted by Crippen LogP contribution is 2.15. The van der Waals surface area contributed by atoms with Crippen molar-refractivity contribution in [1.82, 2.24) is 10.9 Å². The smallest absolute Gasteiger partial charge is 0.276 e. The zero-order valence-electron chi connectivity index (χ0n) is 13.1. The Labute approximate surface area is 148 Å². The van der Waals surface area contributed by atoms with Gasteiger partial charge < -0.3 is 4.74 Å². The highest BCUT2D eigenvalue weighted by molar-refractivity contribution is 9.10. The first-order chi connectivity index (χ1) is 11.5. The molecule has 0 heterocycles. The van der Waals surface area contributed by atoms with Crippen LogP contribution in [0.3, 0.4) is 0 Å². The Balaban J connectivity index is 1.75. The number of amides is 2. The fourth-order valence-electron chi connectivity index (χ4n) is 1.85. The number of hydrogen-bond acceptors (Lipinski definition) is 3. The zero-order valence-corrected chi connectivity index (χ0v) is 14.7. The maximum atomic E-state index is 11.7. The van der Waals surface area contributed by atoms with E-state index in [9.17, 15) is 9.59 Å². The van der Waals surface area contributed by atoms with Crippen LogP contribution in [0, 0.1) is 6.92 Å². The summed E-state index contributed by atoms with van der Waals surface area (Å²) in [6.07, 6.45) is 2.99. The van der Waals surface area contributed by atoms with Crippen molar-refractivity contribution in [2.45, 2.75) is 6.92 Å². The van der Waals surface area contributed by atoms with E-state index in [-0.39, 0.29) is 6.61 Å². The number of halogens is 1. The van der Waals surface area contributed by atoms with Gasteiger partial charge in [-0.15, -0.1) is 0 Å². The van der Waals surface area contributed by atoms with E-state index in [1.54, 1.807) is 12.1 Å². The van der Waals surface area contributed by atoms with Crippen LogP contribution in [0.4, 0.5) is 0 Å². The Hall–Kier alpha value is -2.60. The van der Waals surface area contributed by atoms with Gasteiger partial charge in [0.1, 0.15) is 5.75 Å². The number of carbonyl (C=O) groups is 2. The van der Waals surface area contributed by atoms with Crippen molar-refractivity contribution in [1.29, 1.82) is 0 Å². The Kier molecular flexibility index (Phi) is 6.57. The Morgan fingerprint density at radius 1 is 1.12 bits per heavy atom. The summed E-state index contributed by atoms with van der Waals surface area (Å²) in [7, 11) is 0. The number of benzene rings is 2. The Morgan fingerprint density at radius 2 is 1.92 bits per heavy atom. The summed E-state index contributed by atoms with van der Waals surface area (Å²) in [5, 5.41) is 0. The molecule has 24 heavy (non-hydrogen) atoms. The number of nitrogens with one attached hydrogen (secondary N) is 2. The van der Waals surface area contributed by atoms with Gasteiger partial charge in [0.15, 0.2) is 6.61 Å². The quantitative estimate of drug-likeness (QED) is 0.610. The molecule has 0 spiro atoms. The first-order valence-corrected chi connectivity index (χ1v) is 8.05. The van der Waals surface area contributed by atoms with Gasteiger partial charge in [0.05, 0.1) is 0 Å². The molecule has 0 radical (unpaired) electrons. The summed E-state index contributed by atoms with van der Waals surface area (Å²) in [6, 6.07) is 14.9. The second kappa shape index (κ2) is 8.88. The summed E-state index contributed by atoms with van der Waals surface area (Å²) in [4.78, 5) is 23.3. The predicted molar refractivity (Wildman–Crippen MR) is 96.1 cm³/mol. The molecular formula is C18H17BrN2O3. The molecule has 0 saturated carbocycles. The van der Waals surface area contributed by atoms with Gasteiger partial charge in [0.2, 0.25) is 0 Å². The molecule has 2 N–H and O–H groups in total. The van der Waals surface area contributed by atoms with E-state index in [1.807, 2.05) is 49.4 Å². The van der Waals surface area contributed by atoms with Crippen LogP contribution >= 0.6 is 15.9 Å². The van der Waals surface area contributed by atoms with Crippen molar-refractivity contribution in [2.75, 3.05) is 6.61 Å². The third kappa shape index (κ3) is 5.89. The van der Waals surface area contributed by atoms with Crippen LogP contribution in [0.2, 0.25) is 0 Å². The largest absolute Gasteiger partial charge is 0.483 e. The second-order valence-corrected chi connectivity index (χ2v) is 5.90. The molecule has 0 unspecified atom stereocenters. The van der Waals surface area contributed by atoms with Crippen LogP contribution in [0.15, 0.2) is 59.1 Å². The van der Waals surface area contributed by atoms with E-state index in [1.165, 1.54) is 6.08 Å². The maximum absolute atomic E-state index is 11.7. The monoisotopic (exact) mass is 388 g/mol. The van der Waals surface area contributed by atoms with Crippen LogP contribution in [0.25, 0.3) is 6.08 Å². The first-order valence-electron chi connectivity index (χ1n) is 7.25. The summed E-state index contributed by atoms with van der Waals surface area (Å²) in [6.45, 7) is 1.71. The first kappa shape index (κ1) is 17.7. The van der Waals surface area contributed by atoms with Crippen LogP contribution < -0.4 is 15.6 Å². The van der Waals surface area contributed by atoms with Crippen molar-refractivity contribution in [3.05, 3.63) is 70.2 Å². The predicted octanol–water partition coefficient (Wildman–Crippen LogP) is 3.00. The highest BCUT2D eigenvalue weighted by atomic mass is 79.9. The van der Waals surface area contributed by atoms with Crippen LogP contribution in [-0.4, -0.2) is 18.4 Å². The van der Waals surface area contributed by atoms with Gasteiger partial charge >= 0.3 is 0 Å². The number of rotatable bonds is 5. The number of hydrazine groups is 1. The van der Waals surface area contributed by atoms with Crippen LogP contribution in [-0.2, 0) is 9.59 Å². The number of para-hydroxylation sites is 1. The normalized spacial score (nSPS) is 10.4. The third-order valence-electron chi connectivity index (χ3n) is 3.05. The van der Waals surface area contributed by atoms with Gasteiger partial charge in [0.25, 0.3) is 11.8 Å². The molecule has 0 atom stereocenters. The topological polar surface area (TPSA) is 67.4 Å². The van der Waals surface area contributed by atoms with Gasteiger partial charge in [-0.1, -0.05) is 46.3 Å². The van der Waals surface area contributed by atoms with Gasteiger partial charge in [-0.05, 0) is 42.3 Å². The molecule has 0 bridgehead atoms. The molecule has 0 aromatic heterocycles. The minimum atomic E-state index is -0.442. The number of aryl methyl sites for hydroxylation is 1. The molecule has 0 aliphatic heterocycles. The van der Waals surface area contributed by atoms with Gasteiger partial charge in [-0.2, -0.15) is 0 Å². The third-order valence-corrected chi connectivity index (χ3v) is 3.55. The lowest BCUT2D eigenvalue weighted by Crippen LogP contribution is -2.43. The summed E-state index contributed by atoms with van der Waals surface area (Å²) in [5.41, 5.74) is 6.40. The van der Waals surface area contributed by atoms with Crippen molar-refractivity contribution >= 4 is 33.8 Å². The fourth-order valence-corrected chi connectivity index (χ4v) is 2.27. The average molecular weight is 389 g/mol. The van der Waals surface area contributed by atoms with Crippen molar-refractivity contribution in [3.8, 4) is 5.75 Å². The molecule has 124 valence electrons. The molecule has 2 aromatic rings. The standard InChI is InChI=1S/C18H17BrN2O3/c1-13-5-2-3-8-16(13)24-12-18(23)21-20-17(22)10-9-14-6-4-7-15(19)11-14/h2-11H,12H2,1H3,(H,20,22)(H,21,23)/b10-9+. The van der Waals surface area contributed by atoms with Gasteiger partial charge in [-0.3, -0.25) is 20.4 Å². The van der Waals surface area contributed by atoms with Crippen molar-refractivity contribution in [2.24, 2.45) is 0 Å². The number of carbonyl (C=O) groups excluding carboxylic acids is 2. The zero-order chi connectivity index (χ0) is 17.4. The minimum Gasteiger partial charge on any atom is -0.483 e. The average Bonchev–Trinajstić information content (AvgIpc) is 2.57. The molecule has 0 aliphatic rings. The molecular weight excluding hydrogens is 372 g/mol. The number of ether oxygens (including phenoxy) is 1. The van der Waals surface area contributed by atoms with E-state index >= 15 is 0 Å². The molecule has 5 nitrogen and oxygen atoms in total. The number of hydrogen-bond donors (Lipinski definition) is 2. The minimum absolute atomic E-state index is 0.180. The van der Waals surface area contributed by atoms with E-state index < -0.39 is 11.8 Å². The summed E-state index contributed by atoms with van der Waals surface area (Å²) < 4.78 is 6.31. The van der Waals surface area contributed by atoms with Crippen molar-refractivity contribution in [3.63, 3.8) is 0 Å². The lowest BCUT2D eigenvalue weighted by atomic mass is 10.2. The molecule has 0 fully saturated rings. The van der Waals surface area contributed by atoms with E-state index in [4.69, 9.17) is 4.74 Å². The van der Waals surface area contributed by atoms with Gasteiger partial charge in [-0.25, -0.2) is 0 Å². The summed E-state index contributed by atoms with van der Waals surface area (Å²) >= 11 is 3.36. The van der Waals surface area contributed by atoms with E-state index in [0.29, 0.717) is 5.75 Å². The second-order valence-electron chi connectivity index (χ2n) is 4.98. The highest BCUT2D eigenvalue weighted by Gasteiger charge is 2.05. The molecule has 0 saturated heterocycles. The lowest BCUT2D eigenvalue weighted by molar-refractivity contribution is -0.128. The molecule has 2 rings (SSSR count). The van der Waals surface area contributed by atoms with E-state index in [2.05, 4.69) is 26.8 Å². The lowest BCUT2D eigenvalue weighted by Gasteiger charge is -2.09. The van der Waals surface area contributed by atoms with Crippen LogP contribution in [0.5, 0.6) is 5.75 Å². The summed E-state index contributed by atoms with van der Waals surface area (Å²) in [5.74, 6) is -0.241. The Bertz CT molecular complexity index is 759. The maximum Gasteiger partial charge on any atom is 0.276 e. The van der Waals surface area contributed by atoms with Gasteiger partial charge in [0, 0.05) is 10.5 Å². The SMILES string of the molecule is Cc1ccccc1OCC(=O)NNC(=O)/C=C/c1cccc(Br)c1.